The normalized spacial score (nSPS) is 42.7. The first kappa shape index (κ1) is 23.6. The van der Waals surface area contributed by atoms with Crippen LogP contribution >= 0.6 is 0 Å². The van der Waals surface area contributed by atoms with E-state index in [4.69, 9.17) is 0 Å². The monoisotopic (exact) mass is 426 g/mol. The van der Waals surface area contributed by atoms with Gasteiger partial charge in [0, 0.05) is 0 Å². The molecular formula is C30H50O. The number of fused-ring (bicyclic) bond motifs is 4. The quantitative estimate of drug-likeness (QED) is 0.438. The van der Waals surface area contributed by atoms with E-state index in [9.17, 15) is 5.11 Å². The zero-order valence-corrected chi connectivity index (χ0v) is 21.7. The zero-order valence-electron chi connectivity index (χ0n) is 21.7. The van der Waals surface area contributed by atoms with Crippen molar-refractivity contribution in [3.8, 4) is 0 Å². The Balaban J connectivity index is 1.56. The smallest absolute Gasteiger partial charge is 0.0594 e. The first-order chi connectivity index (χ1) is 14.4. The van der Waals surface area contributed by atoms with Gasteiger partial charge in [-0.3, -0.25) is 0 Å². The molecule has 176 valence electrons. The molecular weight excluding hydrogens is 376 g/mol. The number of allylic oxidation sites excluding steroid dienone is 3. The standard InChI is InChI=1S/C30H50O/c1-19(2)20(3)9-10-21(4)23-12-13-24-22-11-14-26-28(5,6)27(31)16-18-30(26,8)25(22)15-17-29(23,24)7/h19,21,23-24,26-27,31H,3,9-18H2,1-2,4-8H3. The van der Waals surface area contributed by atoms with Crippen molar-refractivity contribution in [3.05, 3.63) is 23.3 Å². The summed E-state index contributed by atoms with van der Waals surface area (Å²) < 4.78 is 0. The molecule has 31 heavy (non-hydrogen) atoms. The molecule has 1 nitrogen and oxygen atoms in total. The van der Waals surface area contributed by atoms with Gasteiger partial charge in [-0.1, -0.05) is 71.8 Å². The molecule has 0 radical (unpaired) electrons. The maximum Gasteiger partial charge on any atom is 0.0594 e. The third kappa shape index (κ3) is 3.60. The molecule has 0 aliphatic heterocycles. The van der Waals surface area contributed by atoms with Gasteiger partial charge in [-0.05, 0) is 110 Å². The second kappa shape index (κ2) is 8.03. The Labute approximate surface area is 193 Å². The Morgan fingerprint density at radius 3 is 2.39 bits per heavy atom. The molecule has 0 aromatic rings. The number of rotatable bonds is 5. The van der Waals surface area contributed by atoms with Crippen LogP contribution in [0.25, 0.3) is 0 Å². The van der Waals surface area contributed by atoms with Gasteiger partial charge in [0.05, 0.1) is 6.10 Å². The van der Waals surface area contributed by atoms with Crippen molar-refractivity contribution in [2.75, 3.05) is 0 Å². The first-order valence-electron chi connectivity index (χ1n) is 13.5. The second-order valence-electron chi connectivity index (χ2n) is 13.5. The molecule has 0 saturated heterocycles. The van der Waals surface area contributed by atoms with Crippen molar-refractivity contribution in [2.24, 2.45) is 45.8 Å². The van der Waals surface area contributed by atoms with E-state index in [-0.39, 0.29) is 11.5 Å². The van der Waals surface area contributed by atoms with E-state index in [0.717, 1.165) is 24.2 Å². The van der Waals surface area contributed by atoms with Crippen molar-refractivity contribution in [1.82, 2.24) is 0 Å². The van der Waals surface area contributed by atoms with E-state index < -0.39 is 0 Å². The second-order valence-corrected chi connectivity index (χ2v) is 13.5. The van der Waals surface area contributed by atoms with Crippen molar-refractivity contribution in [3.63, 3.8) is 0 Å². The van der Waals surface area contributed by atoms with Gasteiger partial charge in [-0.25, -0.2) is 0 Å². The predicted molar refractivity (Wildman–Crippen MR) is 133 cm³/mol. The van der Waals surface area contributed by atoms with Gasteiger partial charge in [-0.15, -0.1) is 0 Å². The van der Waals surface area contributed by atoms with Crippen LogP contribution in [-0.2, 0) is 0 Å². The summed E-state index contributed by atoms with van der Waals surface area (Å²) in [6, 6.07) is 0. The summed E-state index contributed by atoms with van der Waals surface area (Å²) >= 11 is 0. The minimum Gasteiger partial charge on any atom is -0.393 e. The van der Waals surface area contributed by atoms with Crippen LogP contribution in [0.1, 0.15) is 113 Å². The van der Waals surface area contributed by atoms with Crippen LogP contribution in [0.2, 0.25) is 0 Å². The minimum atomic E-state index is -0.126. The third-order valence-corrected chi connectivity index (χ3v) is 11.4. The van der Waals surface area contributed by atoms with Crippen LogP contribution in [-0.4, -0.2) is 11.2 Å². The Morgan fingerprint density at radius 1 is 1.00 bits per heavy atom. The number of hydrogen-bond donors (Lipinski definition) is 1. The number of aliphatic hydroxyl groups excluding tert-OH is 1. The van der Waals surface area contributed by atoms with E-state index in [1.165, 1.54) is 63.4 Å². The average Bonchev–Trinajstić information content (AvgIpc) is 3.06. The summed E-state index contributed by atoms with van der Waals surface area (Å²) in [5, 5.41) is 10.8. The molecule has 2 saturated carbocycles. The van der Waals surface area contributed by atoms with Crippen LogP contribution in [0.15, 0.2) is 23.3 Å². The lowest BCUT2D eigenvalue weighted by molar-refractivity contribution is -0.0931. The highest BCUT2D eigenvalue weighted by Crippen LogP contribution is 2.68. The maximum absolute atomic E-state index is 10.8. The Morgan fingerprint density at radius 2 is 1.71 bits per heavy atom. The third-order valence-electron chi connectivity index (χ3n) is 11.4. The number of aliphatic hydroxyl groups is 1. The Kier molecular flexibility index (Phi) is 6.11. The zero-order chi connectivity index (χ0) is 22.8. The fourth-order valence-corrected chi connectivity index (χ4v) is 9.16. The molecule has 0 bridgehead atoms. The average molecular weight is 427 g/mol. The molecule has 0 spiro atoms. The van der Waals surface area contributed by atoms with Crippen LogP contribution in [0.4, 0.5) is 0 Å². The van der Waals surface area contributed by atoms with Gasteiger partial charge < -0.3 is 5.11 Å². The summed E-state index contributed by atoms with van der Waals surface area (Å²) in [6.45, 7) is 21.4. The highest BCUT2D eigenvalue weighted by molar-refractivity contribution is 5.35. The van der Waals surface area contributed by atoms with Gasteiger partial charge in [-0.2, -0.15) is 0 Å². The van der Waals surface area contributed by atoms with Crippen LogP contribution < -0.4 is 0 Å². The molecule has 2 fully saturated rings. The summed E-state index contributed by atoms with van der Waals surface area (Å²) in [7, 11) is 0. The molecule has 7 atom stereocenters. The van der Waals surface area contributed by atoms with Crippen molar-refractivity contribution in [2.45, 2.75) is 119 Å². The highest BCUT2D eigenvalue weighted by Gasteiger charge is 2.59. The van der Waals surface area contributed by atoms with E-state index >= 15 is 0 Å². The van der Waals surface area contributed by atoms with Crippen molar-refractivity contribution >= 4 is 0 Å². The van der Waals surface area contributed by atoms with Gasteiger partial charge in [0.1, 0.15) is 0 Å². The summed E-state index contributed by atoms with van der Waals surface area (Å²) in [5.41, 5.74) is 6.07. The summed E-state index contributed by atoms with van der Waals surface area (Å²) in [6.07, 6.45) is 12.7. The fourth-order valence-electron chi connectivity index (χ4n) is 9.16. The van der Waals surface area contributed by atoms with Gasteiger partial charge >= 0.3 is 0 Å². The van der Waals surface area contributed by atoms with Crippen LogP contribution in [0.3, 0.4) is 0 Å². The fraction of sp³-hybridized carbons (Fsp3) is 0.867. The largest absolute Gasteiger partial charge is 0.393 e. The van der Waals surface area contributed by atoms with Crippen molar-refractivity contribution < 1.29 is 5.11 Å². The molecule has 0 amide bonds. The molecule has 0 aromatic heterocycles. The molecule has 4 aliphatic carbocycles. The molecule has 4 aliphatic rings. The Hall–Kier alpha value is -0.560. The first-order valence-corrected chi connectivity index (χ1v) is 13.5. The van der Waals surface area contributed by atoms with Gasteiger partial charge in [0.15, 0.2) is 0 Å². The minimum absolute atomic E-state index is 0.0534. The molecule has 1 N–H and O–H groups in total. The van der Waals surface area contributed by atoms with Gasteiger partial charge in [0.25, 0.3) is 0 Å². The van der Waals surface area contributed by atoms with E-state index in [2.05, 4.69) is 55.0 Å². The topological polar surface area (TPSA) is 20.2 Å². The number of hydrogen-bond acceptors (Lipinski definition) is 1. The molecule has 0 heterocycles. The van der Waals surface area contributed by atoms with E-state index in [0.29, 0.717) is 22.7 Å². The van der Waals surface area contributed by atoms with Crippen molar-refractivity contribution in [1.29, 1.82) is 0 Å². The maximum atomic E-state index is 10.8. The predicted octanol–water partition coefficient (Wildman–Crippen LogP) is 8.34. The Bertz CT molecular complexity index is 742. The lowest BCUT2D eigenvalue weighted by Crippen LogP contribution is -2.53. The summed E-state index contributed by atoms with van der Waals surface area (Å²) in [5.74, 6) is 3.77. The molecule has 1 heteroatoms. The van der Waals surface area contributed by atoms with E-state index in [1.54, 1.807) is 0 Å². The lowest BCUT2D eigenvalue weighted by Gasteiger charge is -2.60. The molecule has 4 rings (SSSR count). The molecule has 7 unspecified atom stereocenters. The lowest BCUT2D eigenvalue weighted by atomic mass is 9.46. The summed E-state index contributed by atoms with van der Waals surface area (Å²) in [4.78, 5) is 0. The van der Waals surface area contributed by atoms with Crippen LogP contribution in [0.5, 0.6) is 0 Å². The molecule has 0 aromatic carbocycles. The highest BCUT2D eigenvalue weighted by atomic mass is 16.3. The SMILES string of the molecule is C=C(CCC(C)C1CCC2C3=C(CCC21C)C1(C)CCC(O)C(C)(C)C1CC3)C(C)C. The van der Waals surface area contributed by atoms with Gasteiger partial charge in [0.2, 0.25) is 0 Å². The van der Waals surface area contributed by atoms with E-state index in [1.807, 2.05) is 11.1 Å². The van der Waals surface area contributed by atoms with Crippen LogP contribution in [0, 0.1) is 45.8 Å².